The Morgan fingerprint density at radius 2 is 1.75 bits per heavy atom. The summed E-state index contributed by atoms with van der Waals surface area (Å²) in [4.78, 5) is 0. The van der Waals surface area contributed by atoms with E-state index in [-0.39, 0.29) is 0 Å². The SMILES string of the molecule is C[Si](C)(C)CCOCOc1ccc(Br)cc1. The summed E-state index contributed by atoms with van der Waals surface area (Å²) in [5.41, 5.74) is 0. The highest BCUT2D eigenvalue weighted by Gasteiger charge is 2.11. The molecule has 0 radical (unpaired) electrons. The predicted octanol–water partition coefficient (Wildman–Crippen LogP) is 4.14. The fourth-order valence-corrected chi connectivity index (χ4v) is 2.10. The van der Waals surface area contributed by atoms with Crippen LogP contribution >= 0.6 is 15.9 Å². The van der Waals surface area contributed by atoms with Crippen LogP contribution in [0.5, 0.6) is 5.75 Å². The van der Waals surface area contributed by atoms with Crippen molar-refractivity contribution in [3.63, 3.8) is 0 Å². The highest BCUT2D eigenvalue weighted by Crippen LogP contribution is 2.16. The fourth-order valence-electron chi connectivity index (χ4n) is 1.08. The van der Waals surface area contributed by atoms with Gasteiger partial charge < -0.3 is 9.47 Å². The molecule has 0 aromatic heterocycles. The van der Waals surface area contributed by atoms with Crippen LogP contribution in [0.25, 0.3) is 0 Å². The van der Waals surface area contributed by atoms with Gasteiger partial charge in [0.05, 0.1) is 0 Å². The van der Waals surface area contributed by atoms with Gasteiger partial charge in [0.1, 0.15) is 5.75 Å². The Kier molecular flexibility index (Phi) is 5.51. The van der Waals surface area contributed by atoms with Crippen molar-refractivity contribution in [1.29, 1.82) is 0 Å². The van der Waals surface area contributed by atoms with Gasteiger partial charge in [-0.15, -0.1) is 0 Å². The average molecular weight is 303 g/mol. The largest absolute Gasteiger partial charge is 0.468 e. The zero-order valence-corrected chi connectivity index (χ0v) is 12.7. The molecule has 1 aromatic carbocycles. The zero-order chi connectivity index (χ0) is 12.0. The van der Waals surface area contributed by atoms with Crippen molar-refractivity contribution in [2.45, 2.75) is 25.7 Å². The van der Waals surface area contributed by atoms with Gasteiger partial charge in [-0.3, -0.25) is 0 Å². The van der Waals surface area contributed by atoms with E-state index in [1.54, 1.807) is 0 Å². The van der Waals surface area contributed by atoms with E-state index in [0.29, 0.717) is 6.79 Å². The summed E-state index contributed by atoms with van der Waals surface area (Å²) in [5.74, 6) is 0.844. The Bertz CT molecular complexity index is 306. The molecule has 0 bridgehead atoms. The summed E-state index contributed by atoms with van der Waals surface area (Å²) < 4.78 is 11.9. The minimum Gasteiger partial charge on any atom is -0.468 e. The molecule has 0 amide bonds. The summed E-state index contributed by atoms with van der Waals surface area (Å²) in [6, 6.07) is 8.93. The van der Waals surface area contributed by atoms with Gasteiger partial charge in [0, 0.05) is 19.2 Å². The first-order valence-electron chi connectivity index (χ1n) is 5.43. The molecule has 1 aromatic rings. The minimum absolute atomic E-state index is 0.339. The lowest BCUT2D eigenvalue weighted by Gasteiger charge is -2.15. The van der Waals surface area contributed by atoms with Crippen LogP contribution < -0.4 is 4.74 Å². The number of hydrogen-bond acceptors (Lipinski definition) is 2. The van der Waals surface area contributed by atoms with Crippen molar-refractivity contribution in [3.05, 3.63) is 28.7 Å². The maximum atomic E-state index is 5.45. The van der Waals surface area contributed by atoms with Crippen molar-refractivity contribution in [1.82, 2.24) is 0 Å². The van der Waals surface area contributed by atoms with Crippen molar-refractivity contribution < 1.29 is 9.47 Å². The second kappa shape index (κ2) is 6.42. The van der Waals surface area contributed by atoms with Crippen LogP contribution in [0.3, 0.4) is 0 Å². The number of benzene rings is 1. The quantitative estimate of drug-likeness (QED) is 0.447. The minimum atomic E-state index is -0.981. The third-order valence-electron chi connectivity index (χ3n) is 2.12. The van der Waals surface area contributed by atoms with E-state index in [1.165, 1.54) is 6.04 Å². The molecule has 0 aliphatic heterocycles. The molecule has 0 spiro atoms. The second-order valence-corrected chi connectivity index (χ2v) is 11.5. The van der Waals surface area contributed by atoms with E-state index < -0.39 is 8.07 Å². The average Bonchev–Trinajstić information content (AvgIpc) is 2.19. The van der Waals surface area contributed by atoms with Crippen molar-refractivity contribution in [2.24, 2.45) is 0 Å². The molecule has 0 saturated carbocycles. The smallest absolute Gasteiger partial charge is 0.189 e. The highest BCUT2D eigenvalue weighted by molar-refractivity contribution is 9.10. The predicted molar refractivity (Wildman–Crippen MR) is 73.7 cm³/mol. The first-order chi connectivity index (χ1) is 7.47. The molecule has 0 atom stereocenters. The molecule has 0 heterocycles. The van der Waals surface area contributed by atoms with Gasteiger partial charge in [0.2, 0.25) is 0 Å². The lowest BCUT2D eigenvalue weighted by atomic mass is 10.3. The van der Waals surface area contributed by atoms with Gasteiger partial charge in [0.25, 0.3) is 0 Å². The standard InChI is InChI=1S/C12H19BrO2Si/c1-16(2,3)9-8-14-10-15-12-6-4-11(13)5-7-12/h4-7H,8-10H2,1-3H3. The van der Waals surface area contributed by atoms with E-state index in [0.717, 1.165) is 16.8 Å². The van der Waals surface area contributed by atoms with Gasteiger partial charge >= 0.3 is 0 Å². The molecule has 0 aliphatic carbocycles. The van der Waals surface area contributed by atoms with Gasteiger partial charge in [-0.1, -0.05) is 35.6 Å². The summed E-state index contributed by atoms with van der Waals surface area (Å²) >= 11 is 3.38. The van der Waals surface area contributed by atoms with Gasteiger partial charge in [-0.25, -0.2) is 0 Å². The van der Waals surface area contributed by atoms with Gasteiger partial charge in [-0.05, 0) is 30.3 Å². The summed E-state index contributed by atoms with van der Waals surface area (Å²) in [6.07, 6.45) is 0. The Morgan fingerprint density at radius 3 is 2.31 bits per heavy atom. The monoisotopic (exact) mass is 302 g/mol. The van der Waals surface area contributed by atoms with Crippen LogP contribution in [0.2, 0.25) is 25.7 Å². The first kappa shape index (κ1) is 13.7. The maximum absolute atomic E-state index is 5.45. The third-order valence-corrected chi connectivity index (χ3v) is 4.35. The molecule has 0 saturated heterocycles. The van der Waals surface area contributed by atoms with Gasteiger partial charge in [0.15, 0.2) is 6.79 Å². The zero-order valence-electron chi connectivity index (χ0n) is 10.1. The summed E-state index contributed by atoms with van der Waals surface area (Å²) in [6.45, 7) is 8.15. The molecular weight excluding hydrogens is 284 g/mol. The second-order valence-electron chi connectivity index (χ2n) is 4.94. The summed E-state index contributed by atoms with van der Waals surface area (Å²) in [7, 11) is -0.981. The van der Waals surface area contributed by atoms with Crippen LogP contribution in [-0.4, -0.2) is 21.5 Å². The molecule has 1 rings (SSSR count). The van der Waals surface area contributed by atoms with Crippen molar-refractivity contribution >= 4 is 24.0 Å². The number of rotatable bonds is 6. The first-order valence-corrected chi connectivity index (χ1v) is 9.93. The molecule has 2 nitrogen and oxygen atoms in total. The Labute approximate surface area is 107 Å². The number of hydrogen-bond donors (Lipinski definition) is 0. The molecule has 90 valence electrons. The van der Waals surface area contributed by atoms with E-state index in [9.17, 15) is 0 Å². The lowest BCUT2D eigenvalue weighted by Crippen LogP contribution is -2.22. The van der Waals surface area contributed by atoms with E-state index in [4.69, 9.17) is 9.47 Å². The molecule has 0 unspecified atom stereocenters. The van der Waals surface area contributed by atoms with Crippen LogP contribution in [0.15, 0.2) is 28.7 Å². The van der Waals surface area contributed by atoms with Crippen molar-refractivity contribution in [3.8, 4) is 5.75 Å². The van der Waals surface area contributed by atoms with Crippen LogP contribution in [-0.2, 0) is 4.74 Å². The topological polar surface area (TPSA) is 18.5 Å². The van der Waals surface area contributed by atoms with E-state index in [2.05, 4.69) is 35.6 Å². The summed E-state index contributed by atoms with van der Waals surface area (Å²) in [5, 5.41) is 0. The Morgan fingerprint density at radius 1 is 1.12 bits per heavy atom. The molecule has 0 N–H and O–H groups in total. The molecule has 4 heteroatoms. The highest BCUT2D eigenvalue weighted by atomic mass is 79.9. The third kappa shape index (κ3) is 6.30. The molecular formula is C12H19BrO2Si. The number of ether oxygens (including phenoxy) is 2. The van der Waals surface area contributed by atoms with E-state index >= 15 is 0 Å². The Balaban J connectivity index is 2.14. The van der Waals surface area contributed by atoms with E-state index in [1.807, 2.05) is 24.3 Å². The maximum Gasteiger partial charge on any atom is 0.189 e. The number of halogens is 1. The van der Waals surface area contributed by atoms with Crippen LogP contribution in [0.4, 0.5) is 0 Å². The lowest BCUT2D eigenvalue weighted by molar-refractivity contribution is 0.0220. The van der Waals surface area contributed by atoms with Crippen LogP contribution in [0.1, 0.15) is 0 Å². The molecule has 0 aliphatic rings. The fraction of sp³-hybridized carbons (Fsp3) is 0.500. The van der Waals surface area contributed by atoms with Crippen molar-refractivity contribution in [2.75, 3.05) is 13.4 Å². The van der Waals surface area contributed by atoms with Gasteiger partial charge in [-0.2, -0.15) is 0 Å². The molecule has 0 fully saturated rings. The normalized spacial score (nSPS) is 11.5. The van der Waals surface area contributed by atoms with Crippen LogP contribution in [0, 0.1) is 0 Å². The Hall–Kier alpha value is -0.323. The molecule has 16 heavy (non-hydrogen) atoms.